The maximum absolute atomic E-state index is 14.0. The molecule has 0 aliphatic heterocycles. The lowest BCUT2D eigenvalue weighted by Crippen LogP contribution is -2.15. The first kappa shape index (κ1) is 14.7. The Morgan fingerprint density at radius 1 is 1.05 bits per heavy atom. The van der Waals surface area contributed by atoms with Crippen molar-refractivity contribution in [3.63, 3.8) is 0 Å². The Kier molecular flexibility index (Phi) is 4.46. The summed E-state index contributed by atoms with van der Waals surface area (Å²) >= 11 is 14.6. The highest BCUT2D eigenvalue weighted by atomic mass is 79.9. The first-order chi connectivity index (χ1) is 8.91. The molecule has 0 bridgehead atoms. The van der Waals surface area contributed by atoms with Crippen LogP contribution in [0.15, 0.2) is 34.8 Å². The second-order valence-electron chi connectivity index (χ2n) is 3.91. The molecule has 0 fully saturated rings. The van der Waals surface area contributed by atoms with Crippen LogP contribution in [0.5, 0.6) is 0 Å². The van der Waals surface area contributed by atoms with Gasteiger partial charge in [0.05, 0.1) is 11.1 Å². The van der Waals surface area contributed by atoms with E-state index in [1.807, 2.05) is 0 Å². The lowest BCUT2D eigenvalue weighted by atomic mass is 9.98. The van der Waals surface area contributed by atoms with Gasteiger partial charge in [-0.1, -0.05) is 35.3 Å². The highest BCUT2D eigenvalue weighted by Crippen LogP contribution is 2.33. The van der Waals surface area contributed by atoms with Crippen LogP contribution in [0.1, 0.15) is 17.2 Å². The minimum absolute atomic E-state index is 0.0812. The van der Waals surface area contributed by atoms with Gasteiger partial charge in [0, 0.05) is 20.6 Å². The molecule has 1 atom stereocenters. The molecule has 2 N–H and O–H groups in total. The van der Waals surface area contributed by atoms with Gasteiger partial charge in [-0.15, -0.1) is 0 Å². The summed E-state index contributed by atoms with van der Waals surface area (Å²) in [7, 11) is 0. The highest BCUT2D eigenvalue weighted by molar-refractivity contribution is 9.10. The summed E-state index contributed by atoms with van der Waals surface area (Å²) in [4.78, 5) is 0. The molecule has 0 saturated heterocycles. The molecule has 0 amide bonds. The van der Waals surface area contributed by atoms with Crippen LogP contribution in [0, 0.1) is 11.6 Å². The standard InChI is InChI=1S/C13H8BrCl2F2N/c14-9-4-3-8(12(18)11(9)16)13(19)7-2-1-6(15)5-10(7)17/h1-5,13H,19H2. The van der Waals surface area contributed by atoms with Gasteiger partial charge in [-0.3, -0.25) is 0 Å². The molecule has 0 spiro atoms. The van der Waals surface area contributed by atoms with Crippen molar-refractivity contribution in [1.82, 2.24) is 0 Å². The van der Waals surface area contributed by atoms with Gasteiger partial charge in [-0.2, -0.15) is 0 Å². The number of hydrogen-bond acceptors (Lipinski definition) is 1. The largest absolute Gasteiger partial charge is 0.320 e. The van der Waals surface area contributed by atoms with Crippen LogP contribution in [0.4, 0.5) is 8.78 Å². The minimum atomic E-state index is -0.956. The van der Waals surface area contributed by atoms with Crippen LogP contribution in [-0.4, -0.2) is 0 Å². The average Bonchev–Trinajstić information content (AvgIpc) is 2.35. The molecular formula is C13H8BrCl2F2N. The lowest BCUT2D eigenvalue weighted by Gasteiger charge is -2.15. The second-order valence-corrected chi connectivity index (χ2v) is 5.58. The Balaban J connectivity index is 2.50. The van der Waals surface area contributed by atoms with E-state index in [2.05, 4.69) is 15.9 Å². The summed E-state index contributed by atoms with van der Waals surface area (Å²) in [6, 6.07) is 6.13. The molecule has 1 unspecified atom stereocenters. The zero-order valence-electron chi connectivity index (χ0n) is 9.43. The van der Waals surface area contributed by atoms with E-state index in [9.17, 15) is 8.78 Å². The van der Waals surface area contributed by atoms with E-state index in [1.165, 1.54) is 18.2 Å². The van der Waals surface area contributed by atoms with Crippen molar-refractivity contribution in [1.29, 1.82) is 0 Å². The molecular weight excluding hydrogens is 359 g/mol. The molecule has 0 radical (unpaired) electrons. The van der Waals surface area contributed by atoms with E-state index in [4.69, 9.17) is 28.9 Å². The molecule has 19 heavy (non-hydrogen) atoms. The van der Waals surface area contributed by atoms with E-state index >= 15 is 0 Å². The Morgan fingerprint density at radius 2 is 1.68 bits per heavy atom. The smallest absolute Gasteiger partial charge is 0.148 e. The van der Waals surface area contributed by atoms with E-state index in [0.717, 1.165) is 6.07 Å². The zero-order valence-corrected chi connectivity index (χ0v) is 12.5. The summed E-state index contributed by atoms with van der Waals surface area (Å²) in [5, 5.41) is 0.171. The predicted octanol–water partition coefficient (Wildman–Crippen LogP) is 5.08. The SMILES string of the molecule is NC(c1ccc(Cl)cc1F)c1ccc(Br)c(Cl)c1F. The van der Waals surface area contributed by atoms with Gasteiger partial charge < -0.3 is 5.73 Å². The van der Waals surface area contributed by atoms with Crippen molar-refractivity contribution in [3.05, 3.63) is 67.6 Å². The van der Waals surface area contributed by atoms with Gasteiger partial charge in [0.2, 0.25) is 0 Å². The third kappa shape index (κ3) is 2.92. The fourth-order valence-corrected chi connectivity index (χ4v) is 2.34. The van der Waals surface area contributed by atoms with Gasteiger partial charge >= 0.3 is 0 Å². The lowest BCUT2D eigenvalue weighted by molar-refractivity contribution is 0.576. The van der Waals surface area contributed by atoms with Crippen LogP contribution < -0.4 is 5.73 Å². The number of rotatable bonds is 2. The Hall–Kier alpha value is -0.680. The van der Waals surface area contributed by atoms with Crippen molar-refractivity contribution in [2.75, 3.05) is 0 Å². The van der Waals surface area contributed by atoms with Gasteiger partial charge in [0.15, 0.2) is 0 Å². The molecule has 0 heterocycles. The summed E-state index contributed by atoms with van der Waals surface area (Å²) in [6.07, 6.45) is 0. The van der Waals surface area contributed by atoms with E-state index < -0.39 is 17.7 Å². The van der Waals surface area contributed by atoms with Gasteiger partial charge in [0.25, 0.3) is 0 Å². The molecule has 0 saturated carbocycles. The minimum Gasteiger partial charge on any atom is -0.320 e. The third-order valence-electron chi connectivity index (χ3n) is 2.70. The fraction of sp³-hybridized carbons (Fsp3) is 0.0769. The molecule has 2 aromatic carbocycles. The summed E-state index contributed by atoms with van der Waals surface area (Å²) in [5.41, 5.74) is 6.16. The van der Waals surface area contributed by atoms with Crippen LogP contribution in [0.3, 0.4) is 0 Å². The Bertz CT molecular complexity index is 634. The molecule has 1 nitrogen and oxygen atoms in total. The van der Waals surface area contributed by atoms with Crippen molar-refractivity contribution >= 4 is 39.1 Å². The molecule has 0 aromatic heterocycles. The van der Waals surface area contributed by atoms with Crippen molar-refractivity contribution in [2.45, 2.75) is 6.04 Å². The third-order valence-corrected chi connectivity index (χ3v) is 4.19. The van der Waals surface area contributed by atoms with Crippen molar-refractivity contribution < 1.29 is 8.78 Å². The number of nitrogens with two attached hydrogens (primary N) is 1. The van der Waals surface area contributed by atoms with Crippen LogP contribution in [0.2, 0.25) is 10.0 Å². The van der Waals surface area contributed by atoms with Crippen LogP contribution in [0.25, 0.3) is 0 Å². The fourth-order valence-electron chi connectivity index (χ4n) is 1.70. The molecule has 6 heteroatoms. The number of hydrogen-bond donors (Lipinski definition) is 1. The first-order valence-electron chi connectivity index (χ1n) is 5.25. The van der Waals surface area contributed by atoms with Gasteiger partial charge in [-0.05, 0) is 34.1 Å². The topological polar surface area (TPSA) is 26.0 Å². The maximum atomic E-state index is 14.0. The molecule has 0 aliphatic rings. The van der Waals surface area contributed by atoms with Crippen molar-refractivity contribution in [2.24, 2.45) is 5.73 Å². The molecule has 2 aromatic rings. The van der Waals surface area contributed by atoms with Crippen LogP contribution in [-0.2, 0) is 0 Å². The number of halogens is 5. The molecule has 0 aliphatic carbocycles. The van der Waals surface area contributed by atoms with E-state index in [0.29, 0.717) is 4.47 Å². The molecule has 100 valence electrons. The van der Waals surface area contributed by atoms with Gasteiger partial charge in [-0.25, -0.2) is 8.78 Å². The normalized spacial score (nSPS) is 12.5. The van der Waals surface area contributed by atoms with E-state index in [1.54, 1.807) is 6.07 Å². The monoisotopic (exact) mass is 365 g/mol. The Labute approximate surface area is 127 Å². The average molecular weight is 367 g/mol. The zero-order chi connectivity index (χ0) is 14.2. The second kappa shape index (κ2) is 5.75. The quantitative estimate of drug-likeness (QED) is 0.736. The van der Waals surface area contributed by atoms with Gasteiger partial charge in [0.1, 0.15) is 11.6 Å². The van der Waals surface area contributed by atoms with Crippen molar-refractivity contribution in [3.8, 4) is 0 Å². The molecule has 2 rings (SSSR count). The predicted molar refractivity (Wildman–Crippen MR) is 76.6 cm³/mol. The number of benzene rings is 2. The Morgan fingerprint density at radius 3 is 2.32 bits per heavy atom. The van der Waals surface area contributed by atoms with Crippen LogP contribution >= 0.6 is 39.1 Å². The summed E-state index contributed by atoms with van der Waals surface area (Å²) in [6.45, 7) is 0. The highest BCUT2D eigenvalue weighted by Gasteiger charge is 2.20. The maximum Gasteiger partial charge on any atom is 0.148 e. The summed E-state index contributed by atoms with van der Waals surface area (Å²) < 4.78 is 28.2. The summed E-state index contributed by atoms with van der Waals surface area (Å²) in [5.74, 6) is -1.25. The van der Waals surface area contributed by atoms with E-state index in [-0.39, 0.29) is 21.2 Å². The first-order valence-corrected chi connectivity index (χ1v) is 6.80.